The molecule has 0 aromatic carbocycles. The van der Waals surface area contributed by atoms with Crippen molar-refractivity contribution in [1.29, 1.82) is 0 Å². The maximum Gasteiger partial charge on any atom is 0.218 e. The van der Waals surface area contributed by atoms with E-state index in [0.29, 0.717) is 18.4 Å². The quantitative estimate of drug-likeness (QED) is 0.882. The van der Waals surface area contributed by atoms with Crippen LogP contribution in [0.25, 0.3) is 0 Å². The summed E-state index contributed by atoms with van der Waals surface area (Å²) in [6.45, 7) is 5.50. The minimum Gasteiger partial charge on any atom is -0.478 e. The van der Waals surface area contributed by atoms with Gasteiger partial charge < -0.3 is 15.0 Å². The van der Waals surface area contributed by atoms with Crippen molar-refractivity contribution in [3.05, 3.63) is 36.8 Å². The number of pyridine rings is 1. The van der Waals surface area contributed by atoms with Crippen molar-refractivity contribution in [2.75, 3.05) is 36.5 Å². The van der Waals surface area contributed by atoms with Crippen LogP contribution in [0.3, 0.4) is 0 Å². The van der Waals surface area contributed by atoms with E-state index >= 15 is 0 Å². The molecule has 0 saturated carbocycles. The van der Waals surface area contributed by atoms with Crippen molar-refractivity contribution in [3.8, 4) is 5.88 Å². The zero-order valence-corrected chi connectivity index (χ0v) is 12.8. The number of rotatable bonds is 6. The Labute approximate surface area is 130 Å². The summed E-state index contributed by atoms with van der Waals surface area (Å²) < 4.78 is 5.44. The summed E-state index contributed by atoms with van der Waals surface area (Å²) in [7, 11) is 0. The van der Waals surface area contributed by atoms with Gasteiger partial charge in [0.05, 0.1) is 6.61 Å². The lowest BCUT2D eigenvalue weighted by molar-refractivity contribution is 0.326. The maximum atomic E-state index is 5.44. The second-order valence-electron chi connectivity index (χ2n) is 5.34. The number of aromatic nitrogens is 3. The lowest BCUT2D eigenvalue weighted by Crippen LogP contribution is -2.23. The SMILES string of the molecule is CCOc1cc(N2CC[C@@H](CNc3ccccn3)C2)ncn1. The van der Waals surface area contributed by atoms with Crippen LogP contribution in [0.1, 0.15) is 13.3 Å². The first-order valence-corrected chi connectivity index (χ1v) is 7.70. The van der Waals surface area contributed by atoms with Gasteiger partial charge in [-0.25, -0.2) is 15.0 Å². The van der Waals surface area contributed by atoms with Gasteiger partial charge in [0.1, 0.15) is 18.0 Å². The van der Waals surface area contributed by atoms with E-state index in [2.05, 4.69) is 25.2 Å². The van der Waals surface area contributed by atoms with Gasteiger partial charge in [0.25, 0.3) is 0 Å². The average molecular weight is 299 g/mol. The number of nitrogens with one attached hydrogen (secondary N) is 1. The zero-order valence-electron chi connectivity index (χ0n) is 12.8. The number of nitrogens with zero attached hydrogens (tertiary/aromatic N) is 4. The van der Waals surface area contributed by atoms with Crippen LogP contribution in [0.2, 0.25) is 0 Å². The predicted octanol–water partition coefficient (Wildman–Crippen LogP) is 2.21. The molecule has 0 radical (unpaired) electrons. The molecule has 1 aliphatic rings. The molecule has 1 fully saturated rings. The van der Waals surface area contributed by atoms with Crippen molar-refractivity contribution in [1.82, 2.24) is 15.0 Å². The predicted molar refractivity (Wildman–Crippen MR) is 86.2 cm³/mol. The first-order valence-electron chi connectivity index (χ1n) is 7.70. The van der Waals surface area contributed by atoms with Gasteiger partial charge in [0.15, 0.2) is 0 Å². The smallest absolute Gasteiger partial charge is 0.218 e. The standard InChI is InChI=1S/C16H21N5O/c1-2-22-16-9-15(19-12-20-16)21-8-6-13(11-21)10-18-14-5-3-4-7-17-14/h3-5,7,9,12-13H,2,6,8,10-11H2,1H3,(H,17,18)/t13-/m0/s1. The fourth-order valence-corrected chi connectivity index (χ4v) is 2.65. The van der Waals surface area contributed by atoms with E-state index in [1.54, 1.807) is 12.5 Å². The Morgan fingerprint density at radius 2 is 2.27 bits per heavy atom. The molecule has 6 nitrogen and oxygen atoms in total. The molecule has 0 aliphatic carbocycles. The third kappa shape index (κ3) is 3.63. The fourth-order valence-electron chi connectivity index (χ4n) is 2.65. The monoisotopic (exact) mass is 299 g/mol. The highest BCUT2D eigenvalue weighted by atomic mass is 16.5. The molecule has 0 bridgehead atoms. The van der Waals surface area contributed by atoms with Gasteiger partial charge in [-0.1, -0.05) is 6.07 Å². The second kappa shape index (κ2) is 7.06. The molecular weight excluding hydrogens is 278 g/mol. The largest absolute Gasteiger partial charge is 0.478 e. The molecule has 3 heterocycles. The number of hydrogen-bond donors (Lipinski definition) is 1. The Kier molecular flexibility index (Phi) is 4.68. The minimum atomic E-state index is 0.590. The van der Waals surface area contributed by atoms with E-state index in [1.165, 1.54) is 0 Å². The van der Waals surface area contributed by atoms with Gasteiger partial charge in [0, 0.05) is 31.9 Å². The zero-order chi connectivity index (χ0) is 15.2. The van der Waals surface area contributed by atoms with Gasteiger partial charge in [-0.3, -0.25) is 0 Å². The normalized spacial score (nSPS) is 17.5. The van der Waals surface area contributed by atoms with E-state index in [1.807, 2.05) is 31.2 Å². The third-order valence-corrected chi connectivity index (χ3v) is 3.77. The molecule has 1 saturated heterocycles. The minimum absolute atomic E-state index is 0.590. The molecule has 1 N–H and O–H groups in total. The Bertz CT molecular complexity index is 592. The lowest BCUT2D eigenvalue weighted by atomic mass is 10.1. The molecule has 3 rings (SSSR count). The summed E-state index contributed by atoms with van der Waals surface area (Å²) >= 11 is 0. The van der Waals surface area contributed by atoms with Crippen LogP contribution < -0.4 is 15.0 Å². The number of anilines is 2. The highest BCUT2D eigenvalue weighted by Crippen LogP contribution is 2.24. The summed E-state index contributed by atoms with van der Waals surface area (Å²) in [6, 6.07) is 7.82. The van der Waals surface area contributed by atoms with Gasteiger partial charge in [-0.2, -0.15) is 0 Å². The Balaban J connectivity index is 1.54. The molecular formula is C16H21N5O. The molecule has 0 amide bonds. The first kappa shape index (κ1) is 14.6. The molecule has 116 valence electrons. The van der Waals surface area contributed by atoms with Crippen LogP contribution in [0.4, 0.5) is 11.6 Å². The van der Waals surface area contributed by atoms with Gasteiger partial charge in [-0.15, -0.1) is 0 Å². The lowest BCUT2D eigenvalue weighted by Gasteiger charge is -2.18. The van der Waals surface area contributed by atoms with Gasteiger partial charge in [-0.05, 0) is 31.4 Å². The molecule has 0 unspecified atom stereocenters. The molecule has 1 atom stereocenters. The third-order valence-electron chi connectivity index (χ3n) is 3.77. The van der Waals surface area contributed by atoms with Crippen molar-refractivity contribution in [3.63, 3.8) is 0 Å². The Hall–Kier alpha value is -2.37. The molecule has 2 aromatic heterocycles. The molecule has 2 aromatic rings. The highest BCUT2D eigenvalue weighted by Gasteiger charge is 2.23. The van der Waals surface area contributed by atoms with Crippen molar-refractivity contribution < 1.29 is 4.74 Å². The Morgan fingerprint density at radius 1 is 1.32 bits per heavy atom. The number of hydrogen-bond acceptors (Lipinski definition) is 6. The summed E-state index contributed by atoms with van der Waals surface area (Å²) in [6.07, 6.45) is 4.52. The van der Waals surface area contributed by atoms with Crippen molar-refractivity contribution >= 4 is 11.6 Å². The highest BCUT2D eigenvalue weighted by molar-refractivity contribution is 5.42. The van der Waals surface area contributed by atoms with Gasteiger partial charge in [0.2, 0.25) is 5.88 Å². The van der Waals surface area contributed by atoms with Crippen LogP contribution in [0, 0.1) is 5.92 Å². The van der Waals surface area contributed by atoms with Crippen LogP contribution in [-0.2, 0) is 0 Å². The Morgan fingerprint density at radius 3 is 3.09 bits per heavy atom. The van der Waals surface area contributed by atoms with Crippen LogP contribution >= 0.6 is 0 Å². The van der Waals surface area contributed by atoms with Crippen molar-refractivity contribution in [2.45, 2.75) is 13.3 Å². The molecule has 22 heavy (non-hydrogen) atoms. The van der Waals surface area contributed by atoms with E-state index in [9.17, 15) is 0 Å². The molecule has 0 spiro atoms. The van der Waals surface area contributed by atoms with Crippen molar-refractivity contribution in [2.24, 2.45) is 5.92 Å². The first-order chi connectivity index (χ1) is 10.8. The van der Waals surface area contributed by atoms with E-state index < -0.39 is 0 Å². The van der Waals surface area contributed by atoms with E-state index in [4.69, 9.17) is 4.74 Å². The maximum absolute atomic E-state index is 5.44. The van der Waals surface area contributed by atoms with Crippen LogP contribution in [0.15, 0.2) is 36.8 Å². The van der Waals surface area contributed by atoms with E-state index in [0.717, 1.165) is 37.7 Å². The molecule has 6 heteroatoms. The number of ether oxygens (including phenoxy) is 1. The fraction of sp³-hybridized carbons (Fsp3) is 0.438. The summed E-state index contributed by atoms with van der Waals surface area (Å²) in [5.74, 6) is 3.11. The molecule has 1 aliphatic heterocycles. The second-order valence-corrected chi connectivity index (χ2v) is 5.34. The van der Waals surface area contributed by atoms with Crippen LogP contribution in [-0.4, -0.2) is 41.2 Å². The summed E-state index contributed by atoms with van der Waals surface area (Å²) in [5, 5.41) is 3.40. The summed E-state index contributed by atoms with van der Waals surface area (Å²) in [4.78, 5) is 15.0. The van der Waals surface area contributed by atoms with E-state index in [-0.39, 0.29) is 0 Å². The topological polar surface area (TPSA) is 63.2 Å². The summed E-state index contributed by atoms with van der Waals surface area (Å²) in [5.41, 5.74) is 0. The van der Waals surface area contributed by atoms with Gasteiger partial charge >= 0.3 is 0 Å². The average Bonchev–Trinajstić information content (AvgIpc) is 3.04. The van der Waals surface area contributed by atoms with Crippen LogP contribution in [0.5, 0.6) is 5.88 Å².